The summed E-state index contributed by atoms with van der Waals surface area (Å²) in [7, 11) is 0. The third kappa shape index (κ3) is 2.54. The molecule has 24 heavy (non-hydrogen) atoms. The highest BCUT2D eigenvalue weighted by Gasteiger charge is 2.12. The van der Waals surface area contributed by atoms with E-state index < -0.39 is 4.92 Å². The van der Waals surface area contributed by atoms with Crippen LogP contribution in [-0.2, 0) is 6.61 Å². The zero-order chi connectivity index (χ0) is 16.5. The van der Waals surface area contributed by atoms with Crippen molar-refractivity contribution in [3.8, 4) is 5.88 Å². The summed E-state index contributed by atoms with van der Waals surface area (Å²) in [6, 6.07) is 18.7. The predicted octanol–water partition coefficient (Wildman–Crippen LogP) is 4.20. The fourth-order valence-electron chi connectivity index (χ4n) is 2.68. The highest BCUT2D eigenvalue weighted by Crippen LogP contribution is 2.27. The smallest absolute Gasteiger partial charge is 0.270 e. The highest BCUT2D eigenvalue weighted by molar-refractivity contribution is 5.86. The molecule has 6 nitrogen and oxygen atoms in total. The van der Waals surface area contributed by atoms with Gasteiger partial charge in [0.2, 0.25) is 5.88 Å². The Balaban J connectivity index is 1.61. The molecule has 3 aromatic carbocycles. The number of H-pyrrole nitrogens is 1. The van der Waals surface area contributed by atoms with Gasteiger partial charge in [-0.15, -0.1) is 5.10 Å². The number of nitrogens with zero attached hydrogens (tertiary/aromatic N) is 2. The molecule has 4 rings (SSSR count). The molecular formula is C18H13N3O3. The Labute approximate surface area is 136 Å². The predicted molar refractivity (Wildman–Crippen MR) is 91.0 cm³/mol. The van der Waals surface area contributed by atoms with Crippen molar-refractivity contribution in [2.24, 2.45) is 0 Å². The van der Waals surface area contributed by atoms with Gasteiger partial charge in [0.15, 0.2) is 0 Å². The van der Waals surface area contributed by atoms with Crippen molar-refractivity contribution < 1.29 is 9.66 Å². The summed E-state index contributed by atoms with van der Waals surface area (Å²) in [6.07, 6.45) is 0. The number of aromatic amines is 1. The van der Waals surface area contributed by atoms with Crippen LogP contribution in [0.5, 0.6) is 5.88 Å². The second-order valence-electron chi connectivity index (χ2n) is 5.49. The Kier molecular flexibility index (Phi) is 3.35. The zero-order valence-corrected chi connectivity index (χ0v) is 12.6. The van der Waals surface area contributed by atoms with E-state index in [1.54, 1.807) is 6.07 Å². The molecule has 0 unspecified atom stereocenters. The minimum Gasteiger partial charge on any atom is -0.471 e. The number of aromatic nitrogens is 2. The number of non-ortho nitro benzene ring substituents is 1. The molecule has 0 radical (unpaired) electrons. The Morgan fingerprint density at radius 3 is 2.71 bits per heavy atom. The van der Waals surface area contributed by atoms with Gasteiger partial charge in [-0.3, -0.25) is 15.2 Å². The standard InChI is InChI=1S/C18H13N3O3/c22-21(23)15-7-8-17-16(10-15)18(20-19-17)24-11-12-5-6-13-3-1-2-4-14(13)9-12/h1-10H,11H2,(H,19,20). The van der Waals surface area contributed by atoms with Crippen LogP contribution in [0.1, 0.15) is 5.56 Å². The van der Waals surface area contributed by atoms with E-state index in [2.05, 4.69) is 22.3 Å². The van der Waals surface area contributed by atoms with Gasteiger partial charge in [-0.2, -0.15) is 0 Å². The summed E-state index contributed by atoms with van der Waals surface area (Å²) in [5, 5.41) is 20.8. The van der Waals surface area contributed by atoms with Crippen molar-refractivity contribution in [1.82, 2.24) is 10.2 Å². The fraction of sp³-hybridized carbons (Fsp3) is 0.0556. The van der Waals surface area contributed by atoms with Crippen molar-refractivity contribution in [1.29, 1.82) is 0 Å². The van der Waals surface area contributed by atoms with E-state index in [-0.39, 0.29) is 5.69 Å². The Hall–Kier alpha value is -3.41. The van der Waals surface area contributed by atoms with Crippen molar-refractivity contribution in [3.63, 3.8) is 0 Å². The van der Waals surface area contributed by atoms with E-state index in [1.165, 1.54) is 17.5 Å². The molecule has 0 aliphatic carbocycles. The molecule has 1 aromatic heterocycles. The van der Waals surface area contributed by atoms with Gasteiger partial charge in [-0.1, -0.05) is 36.4 Å². The minimum atomic E-state index is -0.431. The maximum Gasteiger partial charge on any atom is 0.270 e. The third-order valence-corrected chi connectivity index (χ3v) is 3.91. The van der Waals surface area contributed by atoms with Crippen LogP contribution in [0.2, 0.25) is 0 Å². The minimum absolute atomic E-state index is 0.0134. The number of hydrogen-bond acceptors (Lipinski definition) is 4. The van der Waals surface area contributed by atoms with Crippen LogP contribution in [0.3, 0.4) is 0 Å². The van der Waals surface area contributed by atoms with Crippen LogP contribution >= 0.6 is 0 Å². The van der Waals surface area contributed by atoms with E-state index >= 15 is 0 Å². The molecule has 0 saturated carbocycles. The van der Waals surface area contributed by atoms with Gasteiger partial charge in [0.25, 0.3) is 5.69 Å². The number of rotatable bonds is 4. The molecule has 0 amide bonds. The Bertz CT molecular complexity index is 1060. The van der Waals surface area contributed by atoms with Gasteiger partial charge in [0.1, 0.15) is 6.61 Å². The molecule has 0 aliphatic rings. The van der Waals surface area contributed by atoms with Gasteiger partial charge in [0, 0.05) is 12.1 Å². The topological polar surface area (TPSA) is 81.0 Å². The summed E-state index contributed by atoms with van der Waals surface area (Å²) in [4.78, 5) is 10.5. The summed E-state index contributed by atoms with van der Waals surface area (Å²) < 4.78 is 5.76. The van der Waals surface area contributed by atoms with E-state index in [1.807, 2.05) is 30.3 Å². The van der Waals surface area contributed by atoms with Crippen molar-refractivity contribution in [2.75, 3.05) is 0 Å². The Morgan fingerprint density at radius 2 is 1.88 bits per heavy atom. The van der Waals surface area contributed by atoms with Crippen LogP contribution in [-0.4, -0.2) is 15.1 Å². The van der Waals surface area contributed by atoms with Crippen molar-refractivity contribution >= 4 is 27.4 Å². The average Bonchev–Trinajstić information content (AvgIpc) is 3.02. The number of fused-ring (bicyclic) bond motifs is 2. The molecule has 1 heterocycles. The number of ether oxygens (including phenoxy) is 1. The maximum absolute atomic E-state index is 10.9. The number of hydrogen-bond donors (Lipinski definition) is 1. The van der Waals surface area contributed by atoms with Crippen LogP contribution in [0.25, 0.3) is 21.7 Å². The molecule has 0 spiro atoms. The first-order valence-corrected chi connectivity index (χ1v) is 7.44. The molecule has 118 valence electrons. The number of nitro groups is 1. The molecule has 0 bridgehead atoms. The van der Waals surface area contributed by atoms with Gasteiger partial charge in [0.05, 0.1) is 15.8 Å². The van der Waals surface area contributed by atoms with Crippen molar-refractivity contribution in [3.05, 3.63) is 76.3 Å². The molecule has 0 atom stereocenters. The lowest BCUT2D eigenvalue weighted by Gasteiger charge is -2.05. The summed E-state index contributed by atoms with van der Waals surface area (Å²) in [6.45, 7) is 0.341. The van der Waals surface area contributed by atoms with Gasteiger partial charge >= 0.3 is 0 Å². The molecule has 4 aromatic rings. The van der Waals surface area contributed by atoms with E-state index in [4.69, 9.17) is 4.74 Å². The first kappa shape index (κ1) is 14.2. The largest absolute Gasteiger partial charge is 0.471 e. The van der Waals surface area contributed by atoms with E-state index in [0.717, 1.165) is 10.9 Å². The van der Waals surface area contributed by atoms with Gasteiger partial charge in [-0.25, -0.2) is 0 Å². The lowest BCUT2D eigenvalue weighted by molar-refractivity contribution is -0.384. The summed E-state index contributed by atoms with van der Waals surface area (Å²) in [5.41, 5.74) is 1.73. The monoisotopic (exact) mass is 319 g/mol. The van der Waals surface area contributed by atoms with Crippen LogP contribution in [0.4, 0.5) is 5.69 Å². The van der Waals surface area contributed by atoms with E-state index in [0.29, 0.717) is 23.4 Å². The summed E-state index contributed by atoms with van der Waals surface area (Å²) >= 11 is 0. The summed E-state index contributed by atoms with van der Waals surface area (Å²) in [5.74, 6) is 0.363. The second-order valence-corrected chi connectivity index (χ2v) is 5.49. The molecule has 1 N–H and O–H groups in total. The average molecular weight is 319 g/mol. The first-order chi connectivity index (χ1) is 11.7. The van der Waals surface area contributed by atoms with E-state index in [9.17, 15) is 10.1 Å². The highest BCUT2D eigenvalue weighted by atomic mass is 16.6. The SMILES string of the molecule is O=[N+]([O-])c1ccc2[nH]nc(OCc3ccc4ccccc4c3)c2c1. The molecule has 0 aliphatic heterocycles. The van der Waals surface area contributed by atoms with Crippen molar-refractivity contribution in [2.45, 2.75) is 6.61 Å². The normalized spacial score (nSPS) is 11.0. The lowest BCUT2D eigenvalue weighted by atomic mass is 10.1. The molecular weight excluding hydrogens is 306 g/mol. The molecule has 0 saturated heterocycles. The second kappa shape index (κ2) is 5.66. The van der Waals surface area contributed by atoms with Crippen LogP contribution in [0.15, 0.2) is 60.7 Å². The molecule has 0 fully saturated rings. The lowest BCUT2D eigenvalue weighted by Crippen LogP contribution is -1.96. The Morgan fingerprint density at radius 1 is 1.04 bits per heavy atom. The van der Waals surface area contributed by atoms with Gasteiger partial charge in [-0.05, 0) is 28.5 Å². The van der Waals surface area contributed by atoms with Crippen LogP contribution in [0, 0.1) is 10.1 Å². The third-order valence-electron chi connectivity index (χ3n) is 3.91. The van der Waals surface area contributed by atoms with Crippen LogP contribution < -0.4 is 4.74 Å². The quantitative estimate of drug-likeness (QED) is 0.451. The molecule has 6 heteroatoms. The number of nitrogens with one attached hydrogen (secondary N) is 1. The van der Waals surface area contributed by atoms with Gasteiger partial charge < -0.3 is 4.74 Å². The zero-order valence-electron chi connectivity index (χ0n) is 12.6. The fourth-order valence-corrected chi connectivity index (χ4v) is 2.68. The number of benzene rings is 3. The first-order valence-electron chi connectivity index (χ1n) is 7.44. The number of nitro benzene ring substituents is 1. The maximum atomic E-state index is 10.9.